The van der Waals surface area contributed by atoms with Crippen molar-refractivity contribution in [3.63, 3.8) is 0 Å². The van der Waals surface area contributed by atoms with Crippen molar-refractivity contribution in [3.8, 4) is 5.75 Å². The number of amides is 3. The van der Waals surface area contributed by atoms with E-state index in [-0.39, 0.29) is 24.3 Å². The molecule has 1 spiro atoms. The zero-order valence-electron chi connectivity index (χ0n) is 20.9. The number of nitrogens with zero attached hydrogens (tertiary/aromatic N) is 3. The Morgan fingerprint density at radius 3 is 2.33 bits per heavy atom. The predicted molar refractivity (Wildman–Crippen MR) is 134 cm³/mol. The Labute approximate surface area is 211 Å². The van der Waals surface area contributed by atoms with Crippen LogP contribution in [0.1, 0.15) is 52.0 Å². The Kier molecular flexibility index (Phi) is 6.71. The molecule has 0 aliphatic carbocycles. The summed E-state index contributed by atoms with van der Waals surface area (Å²) in [5, 5.41) is 0. The number of carbonyl (C=O) groups excluding carboxylic acids is 3. The molecule has 8 heteroatoms. The molecule has 0 radical (unpaired) electrons. The summed E-state index contributed by atoms with van der Waals surface area (Å²) in [6.07, 6.45) is 2.85. The summed E-state index contributed by atoms with van der Waals surface area (Å²) in [6.45, 7) is 4.41. The van der Waals surface area contributed by atoms with Crippen LogP contribution < -0.4 is 4.74 Å². The van der Waals surface area contributed by atoms with Gasteiger partial charge in [0.2, 0.25) is 5.91 Å². The van der Waals surface area contributed by atoms with Gasteiger partial charge in [-0.3, -0.25) is 19.3 Å². The normalized spacial score (nSPS) is 21.2. The fourth-order valence-corrected chi connectivity index (χ4v) is 5.64. The number of benzene rings is 2. The van der Waals surface area contributed by atoms with Crippen molar-refractivity contribution in [2.45, 2.75) is 44.4 Å². The molecule has 190 valence electrons. The first-order valence-electron chi connectivity index (χ1n) is 12.7. The van der Waals surface area contributed by atoms with E-state index in [0.717, 1.165) is 18.4 Å². The topological polar surface area (TPSA) is 79.4 Å². The maximum atomic E-state index is 13.9. The van der Waals surface area contributed by atoms with Gasteiger partial charge in [-0.15, -0.1) is 0 Å². The van der Waals surface area contributed by atoms with E-state index >= 15 is 0 Å². The number of rotatable bonds is 4. The van der Waals surface area contributed by atoms with E-state index in [0.29, 0.717) is 55.9 Å². The van der Waals surface area contributed by atoms with Crippen molar-refractivity contribution in [3.05, 3.63) is 65.2 Å². The number of carbonyl (C=O) groups is 3. The first-order chi connectivity index (χ1) is 17.4. The molecule has 8 nitrogen and oxygen atoms in total. The average molecular weight is 492 g/mol. The van der Waals surface area contributed by atoms with Gasteiger partial charge in [0.05, 0.1) is 13.7 Å². The van der Waals surface area contributed by atoms with Gasteiger partial charge in [0.25, 0.3) is 11.8 Å². The molecule has 3 saturated heterocycles. The predicted octanol–water partition coefficient (Wildman–Crippen LogP) is 3.10. The molecule has 36 heavy (non-hydrogen) atoms. The lowest BCUT2D eigenvalue weighted by Gasteiger charge is -2.45. The fourth-order valence-electron chi connectivity index (χ4n) is 5.64. The highest BCUT2D eigenvalue weighted by atomic mass is 16.5. The highest BCUT2D eigenvalue weighted by Crippen LogP contribution is 2.39. The van der Waals surface area contributed by atoms with Crippen molar-refractivity contribution in [2.75, 3.05) is 39.9 Å². The molecule has 5 rings (SSSR count). The molecule has 0 N–H and O–H groups in total. The van der Waals surface area contributed by atoms with E-state index in [1.165, 1.54) is 0 Å². The van der Waals surface area contributed by atoms with Gasteiger partial charge in [-0.05, 0) is 49.6 Å². The number of piperidine rings is 1. The molecule has 3 aliphatic rings. The number of hydrogen-bond acceptors (Lipinski definition) is 5. The highest BCUT2D eigenvalue weighted by Gasteiger charge is 2.55. The van der Waals surface area contributed by atoms with Gasteiger partial charge < -0.3 is 19.3 Å². The first kappa shape index (κ1) is 24.3. The van der Waals surface area contributed by atoms with Crippen molar-refractivity contribution >= 4 is 17.7 Å². The number of likely N-dealkylation sites (tertiary alicyclic amines) is 2. The van der Waals surface area contributed by atoms with Crippen molar-refractivity contribution in [1.82, 2.24) is 14.7 Å². The summed E-state index contributed by atoms with van der Waals surface area (Å²) < 4.78 is 11.7. The van der Waals surface area contributed by atoms with E-state index < -0.39 is 11.8 Å². The molecule has 1 atom stereocenters. The zero-order valence-corrected chi connectivity index (χ0v) is 20.9. The molecular formula is C28H33N3O5. The maximum absolute atomic E-state index is 13.9. The van der Waals surface area contributed by atoms with Crippen LogP contribution in [0.3, 0.4) is 0 Å². The third-order valence-corrected chi connectivity index (χ3v) is 7.71. The Morgan fingerprint density at radius 2 is 1.64 bits per heavy atom. The minimum absolute atomic E-state index is 0.0173. The Balaban J connectivity index is 1.41. The monoisotopic (exact) mass is 491 g/mol. The summed E-state index contributed by atoms with van der Waals surface area (Å²) in [5.41, 5.74) is 1.15. The standard InChI is InChI=1S/C28H33N3O5/c1-20-8-3-4-11-23(20)26(33)30-16-12-28(13-17-30)31(25(32)21-9-7-10-22(18-21)35-2)24(19-36-28)27(34)29-14-5-6-15-29/h3-4,7-11,18,24H,5-6,12-17,19H2,1-2H3. The summed E-state index contributed by atoms with van der Waals surface area (Å²) in [4.78, 5) is 46.0. The highest BCUT2D eigenvalue weighted by molar-refractivity contribution is 5.99. The van der Waals surface area contributed by atoms with Crippen LogP contribution in [0, 0.1) is 6.92 Å². The summed E-state index contributed by atoms with van der Waals surface area (Å²) >= 11 is 0. The smallest absolute Gasteiger partial charge is 0.257 e. The molecule has 0 saturated carbocycles. The third kappa shape index (κ3) is 4.34. The van der Waals surface area contributed by atoms with Gasteiger partial charge in [0.15, 0.2) is 0 Å². The van der Waals surface area contributed by atoms with E-state index in [1.807, 2.05) is 41.0 Å². The molecule has 2 aromatic carbocycles. The van der Waals surface area contributed by atoms with Crippen LogP contribution in [0.25, 0.3) is 0 Å². The first-order valence-corrected chi connectivity index (χ1v) is 12.7. The quantitative estimate of drug-likeness (QED) is 0.657. The average Bonchev–Trinajstić information content (AvgIpc) is 3.57. The van der Waals surface area contributed by atoms with E-state index in [9.17, 15) is 14.4 Å². The Hall–Kier alpha value is -3.39. The van der Waals surface area contributed by atoms with Crippen LogP contribution in [0.2, 0.25) is 0 Å². The van der Waals surface area contributed by atoms with Gasteiger partial charge in [0, 0.05) is 50.1 Å². The fraction of sp³-hybridized carbons (Fsp3) is 0.464. The second-order valence-electron chi connectivity index (χ2n) is 9.82. The van der Waals surface area contributed by atoms with Crippen LogP contribution in [0.4, 0.5) is 0 Å². The third-order valence-electron chi connectivity index (χ3n) is 7.71. The number of methoxy groups -OCH3 is 1. The maximum Gasteiger partial charge on any atom is 0.257 e. The molecular weight excluding hydrogens is 458 g/mol. The second-order valence-corrected chi connectivity index (χ2v) is 9.82. The number of hydrogen-bond donors (Lipinski definition) is 0. The molecule has 3 heterocycles. The van der Waals surface area contributed by atoms with Crippen LogP contribution in [-0.2, 0) is 9.53 Å². The molecule has 2 aromatic rings. The number of ether oxygens (including phenoxy) is 2. The zero-order chi connectivity index (χ0) is 25.3. The molecule has 3 amide bonds. The Morgan fingerprint density at radius 1 is 0.917 bits per heavy atom. The lowest BCUT2D eigenvalue weighted by atomic mass is 9.95. The molecule has 3 fully saturated rings. The summed E-state index contributed by atoms with van der Waals surface area (Å²) in [7, 11) is 1.56. The van der Waals surface area contributed by atoms with Crippen LogP contribution in [0.15, 0.2) is 48.5 Å². The lowest BCUT2D eigenvalue weighted by molar-refractivity contribution is -0.136. The van der Waals surface area contributed by atoms with Gasteiger partial charge in [-0.1, -0.05) is 24.3 Å². The van der Waals surface area contributed by atoms with E-state index in [4.69, 9.17) is 9.47 Å². The molecule has 0 bridgehead atoms. The lowest BCUT2D eigenvalue weighted by Crippen LogP contribution is -2.60. The van der Waals surface area contributed by atoms with Crippen molar-refractivity contribution in [1.29, 1.82) is 0 Å². The SMILES string of the molecule is COc1cccc(C(=O)N2C(C(=O)N3CCCC3)COC23CCN(C(=O)c2ccccc2C)CC3)c1. The largest absolute Gasteiger partial charge is 0.497 e. The molecule has 1 unspecified atom stereocenters. The minimum atomic E-state index is -0.928. The number of aryl methyl sites for hydroxylation is 1. The minimum Gasteiger partial charge on any atom is -0.497 e. The van der Waals surface area contributed by atoms with Crippen LogP contribution >= 0.6 is 0 Å². The summed E-state index contributed by atoms with van der Waals surface area (Å²) in [6, 6.07) is 13.9. The van der Waals surface area contributed by atoms with Gasteiger partial charge in [-0.2, -0.15) is 0 Å². The molecule has 3 aliphatic heterocycles. The van der Waals surface area contributed by atoms with Gasteiger partial charge >= 0.3 is 0 Å². The van der Waals surface area contributed by atoms with Crippen molar-refractivity contribution < 1.29 is 23.9 Å². The van der Waals surface area contributed by atoms with Gasteiger partial charge in [0.1, 0.15) is 17.5 Å². The van der Waals surface area contributed by atoms with E-state index in [2.05, 4.69) is 0 Å². The van der Waals surface area contributed by atoms with E-state index in [1.54, 1.807) is 36.3 Å². The van der Waals surface area contributed by atoms with Crippen LogP contribution in [-0.4, -0.2) is 84.1 Å². The second kappa shape index (κ2) is 9.93. The van der Waals surface area contributed by atoms with Crippen LogP contribution in [0.5, 0.6) is 5.75 Å². The van der Waals surface area contributed by atoms with Crippen molar-refractivity contribution in [2.24, 2.45) is 0 Å². The molecule has 0 aromatic heterocycles. The summed E-state index contributed by atoms with van der Waals surface area (Å²) in [5.74, 6) is 0.258. The van der Waals surface area contributed by atoms with Gasteiger partial charge in [-0.25, -0.2) is 0 Å². The Bertz CT molecular complexity index is 1150.